The molecule has 2 aliphatic rings. The Morgan fingerprint density at radius 1 is 1.10 bits per heavy atom. The lowest BCUT2D eigenvalue weighted by Gasteiger charge is -2.33. The minimum atomic E-state index is -0.203. The molecule has 3 heterocycles. The molecule has 0 radical (unpaired) electrons. The summed E-state index contributed by atoms with van der Waals surface area (Å²) < 4.78 is 16.5. The molecule has 8 nitrogen and oxygen atoms in total. The fourth-order valence-electron chi connectivity index (χ4n) is 4.46. The van der Waals surface area contributed by atoms with Gasteiger partial charge in [-0.25, -0.2) is 0 Å². The van der Waals surface area contributed by atoms with Crippen molar-refractivity contribution in [2.45, 2.75) is 71.3 Å². The van der Waals surface area contributed by atoms with Crippen molar-refractivity contribution in [2.75, 3.05) is 19.8 Å². The number of piperidine rings is 1. The van der Waals surface area contributed by atoms with E-state index in [0.29, 0.717) is 54.2 Å². The van der Waals surface area contributed by atoms with Gasteiger partial charge in [0.15, 0.2) is 5.82 Å². The minimum absolute atomic E-state index is 0.0782. The molecular formula is C21H30N4O4. The van der Waals surface area contributed by atoms with Crippen LogP contribution in [0.1, 0.15) is 84.5 Å². The van der Waals surface area contributed by atoms with Crippen LogP contribution in [-0.2, 0) is 11.2 Å². The molecular weight excluding hydrogens is 372 g/mol. The van der Waals surface area contributed by atoms with E-state index < -0.39 is 0 Å². The molecule has 8 heteroatoms. The highest BCUT2D eigenvalue weighted by atomic mass is 16.5. The van der Waals surface area contributed by atoms with Gasteiger partial charge in [0.25, 0.3) is 5.91 Å². The van der Waals surface area contributed by atoms with E-state index in [-0.39, 0.29) is 11.9 Å². The van der Waals surface area contributed by atoms with Crippen LogP contribution in [-0.4, -0.2) is 45.9 Å². The molecule has 1 unspecified atom stereocenters. The summed E-state index contributed by atoms with van der Waals surface area (Å²) in [6.45, 7) is 5.65. The quantitative estimate of drug-likeness (QED) is 0.650. The van der Waals surface area contributed by atoms with E-state index in [4.69, 9.17) is 13.8 Å². The lowest BCUT2D eigenvalue weighted by atomic mass is 10.00. The molecule has 0 N–H and O–H groups in total. The highest BCUT2D eigenvalue weighted by molar-refractivity contribution is 5.96. The Labute approximate surface area is 171 Å². The first-order chi connectivity index (χ1) is 14.1. The zero-order valence-electron chi connectivity index (χ0n) is 17.4. The van der Waals surface area contributed by atoms with E-state index in [2.05, 4.69) is 15.3 Å². The predicted octanol–water partition coefficient (Wildman–Crippen LogP) is 3.79. The zero-order valence-corrected chi connectivity index (χ0v) is 17.4. The maximum Gasteiger partial charge on any atom is 0.260 e. The smallest absolute Gasteiger partial charge is 0.260 e. The average molecular weight is 402 g/mol. The Bertz CT molecular complexity index is 805. The monoisotopic (exact) mass is 402 g/mol. The molecule has 0 bridgehead atoms. The number of ether oxygens (including phenoxy) is 1. The Kier molecular flexibility index (Phi) is 6.28. The number of rotatable bonds is 7. The van der Waals surface area contributed by atoms with Crippen LogP contribution in [0.4, 0.5) is 0 Å². The second-order valence-corrected chi connectivity index (χ2v) is 8.23. The molecule has 2 aromatic rings. The molecule has 2 aromatic heterocycles. The number of aryl methyl sites for hydroxylation is 2. The summed E-state index contributed by atoms with van der Waals surface area (Å²) in [5.74, 6) is 2.33. The third-order valence-electron chi connectivity index (χ3n) is 6.08. The number of nitrogens with zero attached hydrogens (tertiary/aromatic N) is 4. The van der Waals surface area contributed by atoms with E-state index in [1.807, 2.05) is 4.90 Å². The van der Waals surface area contributed by atoms with Gasteiger partial charge < -0.3 is 18.7 Å². The third kappa shape index (κ3) is 4.52. The van der Waals surface area contributed by atoms with Crippen molar-refractivity contribution in [3.05, 3.63) is 28.7 Å². The molecule has 4 rings (SSSR count). The lowest BCUT2D eigenvalue weighted by Crippen LogP contribution is -2.39. The zero-order chi connectivity index (χ0) is 20.2. The molecule has 1 atom stereocenters. The topological polar surface area (TPSA) is 94.5 Å². The van der Waals surface area contributed by atoms with Gasteiger partial charge in [-0.1, -0.05) is 23.2 Å². The van der Waals surface area contributed by atoms with E-state index in [1.165, 1.54) is 25.7 Å². The highest BCUT2D eigenvalue weighted by Crippen LogP contribution is 2.32. The average Bonchev–Trinajstić information content (AvgIpc) is 3.47. The van der Waals surface area contributed by atoms with Crippen LogP contribution in [0.3, 0.4) is 0 Å². The van der Waals surface area contributed by atoms with Crippen LogP contribution in [0.15, 0.2) is 9.05 Å². The maximum atomic E-state index is 13.1. The standard InChI is InChI=1S/C21H30N4O4/c1-14-19(15(2)28-23-14)21(26)25-11-6-5-9-17(25)20-22-18(24-29-20)10-12-27-13-16-7-3-4-8-16/h16-17H,3-13H2,1-2H3. The van der Waals surface area contributed by atoms with Crippen LogP contribution >= 0.6 is 0 Å². The van der Waals surface area contributed by atoms with E-state index in [0.717, 1.165) is 25.9 Å². The van der Waals surface area contributed by atoms with Gasteiger partial charge in [-0.05, 0) is 51.9 Å². The number of aromatic nitrogens is 3. The summed E-state index contributed by atoms with van der Waals surface area (Å²) in [5.41, 5.74) is 1.15. The van der Waals surface area contributed by atoms with E-state index >= 15 is 0 Å². The van der Waals surface area contributed by atoms with Gasteiger partial charge >= 0.3 is 0 Å². The van der Waals surface area contributed by atoms with Gasteiger partial charge in [0.05, 0.1) is 12.3 Å². The second kappa shape index (κ2) is 9.07. The first kappa shape index (κ1) is 20.1. The Hall–Kier alpha value is -2.22. The van der Waals surface area contributed by atoms with Crippen molar-refractivity contribution in [1.82, 2.24) is 20.2 Å². The summed E-state index contributed by atoms with van der Waals surface area (Å²) >= 11 is 0. The van der Waals surface area contributed by atoms with E-state index in [1.54, 1.807) is 13.8 Å². The van der Waals surface area contributed by atoms with Gasteiger partial charge in [-0.15, -0.1) is 0 Å². The first-order valence-corrected chi connectivity index (χ1v) is 10.8. The summed E-state index contributed by atoms with van der Waals surface area (Å²) in [7, 11) is 0. The molecule has 1 saturated heterocycles. The summed E-state index contributed by atoms with van der Waals surface area (Å²) in [4.78, 5) is 19.5. The Morgan fingerprint density at radius 3 is 2.66 bits per heavy atom. The minimum Gasteiger partial charge on any atom is -0.381 e. The molecule has 1 saturated carbocycles. The number of likely N-dealkylation sites (tertiary alicyclic amines) is 1. The first-order valence-electron chi connectivity index (χ1n) is 10.8. The number of amides is 1. The van der Waals surface area contributed by atoms with E-state index in [9.17, 15) is 4.79 Å². The predicted molar refractivity (Wildman–Crippen MR) is 104 cm³/mol. The molecule has 1 aliphatic heterocycles. The molecule has 1 aliphatic carbocycles. The van der Waals surface area contributed by atoms with Crippen LogP contribution in [0, 0.1) is 19.8 Å². The molecule has 1 amide bonds. The number of hydrogen-bond acceptors (Lipinski definition) is 7. The van der Waals surface area contributed by atoms with Crippen LogP contribution in [0.25, 0.3) is 0 Å². The highest BCUT2D eigenvalue weighted by Gasteiger charge is 2.35. The van der Waals surface area contributed by atoms with Crippen molar-refractivity contribution in [2.24, 2.45) is 5.92 Å². The fraction of sp³-hybridized carbons (Fsp3) is 0.714. The Morgan fingerprint density at radius 2 is 1.90 bits per heavy atom. The number of carbonyl (C=O) groups is 1. The molecule has 2 fully saturated rings. The van der Waals surface area contributed by atoms with Gasteiger partial charge in [0, 0.05) is 19.6 Å². The second-order valence-electron chi connectivity index (χ2n) is 8.23. The van der Waals surface area contributed by atoms with Gasteiger partial charge in [0.2, 0.25) is 5.89 Å². The SMILES string of the molecule is Cc1noc(C)c1C(=O)N1CCCCC1c1nc(CCOCC2CCCC2)no1. The summed E-state index contributed by atoms with van der Waals surface area (Å²) in [5, 5.41) is 8.03. The number of carbonyl (C=O) groups excluding carboxylic acids is 1. The van der Waals surface area contributed by atoms with Crippen LogP contribution in [0.5, 0.6) is 0 Å². The summed E-state index contributed by atoms with van der Waals surface area (Å²) in [6, 6.07) is -0.203. The molecule has 158 valence electrons. The van der Waals surface area contributed by atoms with Crippen LogP contribution in [0.2, 0.25) is 0 Å². The normalized spacial score (nSPS) is 20.5. The maximum absolute atomic E-state index is 13.1. The fourth-order valence-corrected chi connectivity index (χ4v) is 4.46. The lowest BCUT2D eigenvalue weighted by molar-refractivity contribution is 0.0559. The molecule has 0 spiro atoms. The van der Waals surface area contributed by atoms with Crippen molar-refractivity contribution in [3.63, 3.8) is 0 Å². The van der Waals surface area contributed by atoms with Crippen molar-refractivity contribution in [1.29, 1.82) is 0 Å². The summed E-state index contributed by atoms with van der Waals surface area (Å²) in [6.07, 6.45) is 8.64. The van der Waals surface area contributed by atoms with Gasteiger partial charge in [-0.2, -0.15) is 4.98 Å². The third-order valence-corrected chi connectivity index (χ3v) is 6.08. The van der Waals surface area contributed by atoms with Crippen molar-refractivity contribution >= 4 is 5.91 Å². The number of hydrogen-bond donors (Lipinski definition) is 0. The Balaban J connectivity index is 1.38. The molecule has 0 aromatic carbocycles. The van der Waals surface area contributed by atoms with Crippen molar-refractivity contribution in [3.8, 4) is 0 Å². The van der Waals surface area contributed by atoms with Gasteiger partial charge in [-0.3, -0.25) is 4.79 Å². The van der Waals surface area contributed by atoms with Gasteiger partial charge in [0.1, 0.15) is 17.4 Å². The molecule has 29 heavy (non-hydrogen) atoms. The van der Waals surface area contributed by atoms with Crippen LogP contribution < -0.4 is 0 Å². The largest absolute Gasteiger partial charge is 0.381 e. The van der Waals surface area contributed by atoms with Crippen molar-refractivity contribution < 1.29 is 18.6 Å².